The van der Waals surface area contributed by atoms with Gasteiger partial charge in [0, 0.05) is 37.0 Å². The molecule has 2 aromatic carbocycles. The van der Waals surface area contributed by atoms with Crippen molar-refractivity contribution in [3.63, 3.8) is 0 Å². The molecule has 5 aromatic rings. The average molecular weight is 522 g/mol. The number of rotatable bonds is 4. The van der Waals surface area contributed by atoms with Crippen LogP contribution in [-0.2, 0) is 20.1 Å². The van der Waals surface area contributed by atoms with E-state index in [9.17, 15) is 9.59 Å². The van der Waals surface area contributed by atoms with Crippen LogP contribution in [0.25, 0.3) is 32.8 Å². The lowest BCUT2D eigenvalue weighted by atomic mass is 10.0. The smallest absolute Gasteiger partial charge is 0.332 e. The van der Waals surface area contributed by atoms with E-state index in [0.29, 0.717) is 29.4 Å². The zero-order valence-electron chi connectivity index (χ0n) is 22.4. The summed E-state index contributed by atoms with van der Waals surface area (Å²) < 4.78 is 4.55. The largest absolute Gasteiger partial charge is 0.341 e. The van der Waals surface area contributed by atoms with Crippen LogP contribution in [0.1, 0.15) is 31.0 Å². The van der Waals surface area contributed by atoms with Crippen molar-refractivity contribution in [2.24, 2.45) is 12.8 Å². The van der Waals surface area contributed by atoms with Crippen molar-refractivity contribution in [1.82, 2.24) is 23.7 Å². The van der Waals surface area contributed by atoms with E-state index in [1.54, 1.807) is 14.0 Å². The summed E-state index contributed by atoms with van der Waals surface area (Å²) in [5.74, 6) is 6.63. The number of hydrogen-bond donors (Lipinski definition) is 1. The number of pyridine rings is 1. The predicted octanol–water partition coefficient (Wildman–Crippen LogP) is 2.91. The fraction of sp³-hybridized carbons (Fsp3) is 0.333. The second-order valence-corrected chi connectivity index (χ2v) is 10.3. The molecule has 0 radical (unpaired) electrons. The molecule has 1 aliphatic rings. The molecule has 3 aromatic heterocycles. The van der Waals surface area contributed by atoms with Crippen molar-refractivity contribution in [2.75, 3.05) is 18.0 Å². The Kier molecular flexibility index (Phi) is 6.20. The first-order valence-corrected chi connectivity index (χ1v) is 13.3. The molecule has 9 nitrogen and oxygen atoms in total. The minimum Gasteiger partial charge on any atom is -0.341 e. The Labute approximate surface area is 225 Å². The first-order valence-electron chi connectivity index (χ1n) is 13.3. The van der Waals surface area contributed by atoms with Gasteiger partial charge in [-0.3, -0.25) is 23.5 Å². The number of nitrogens with zero attached hydrogens (tertiary/aromatic N) is 6. The van der Waals surface area contributed by atoms with E-state index in [1.807, 2.05) is 34.9 Å². The second kappa shape index (κ2) is 9.71. The van der Waals surface area contributed by atoms with Crippen LogP contribution in [0.3, 0.4) is 0 Å². The summed E-state index contributed by atoms with van der Waals surface area (Å²) >= 11 is 0. The third-order valence-corrected chi connectivity index (χ3v) is 7.69. The monoisotopic (exact) mass is 521 g/mol. The molecule has 0 aliphatic carbocycles. The Morgan fingerprint density at radius 1 is 1.05 bits per heavy atom. The third-order valence-electron chi connectivity index (χ3n) is 7.69. The van der Waals surface area contributed by atoms with Crippen LogP contribution in [0.15, 0.2) is 52.1 Å². The lowest BCUT2D eigenvalue weighted by molar-refractivity contribution is 0.496. The van der Waals surface area contributed by atoms with E-state index in [-0.39, 0.29) is 19.1 Å². The fourth-order valence-corrected chi connectivity index (χ4v) is 5.76. The summed E-state index contributed by atoms with van der Waals surface area (Å²) in [7, 11) is 1.66. The molecule has 1 fully saturated rings. The van der Waals surface area contributed by atoms with Gasteiger partial charge in [0.1, 0.15) is 0 Å². The first-order chi connectivity index (χ1) is 18.9. The molecule has 0 unspecified atom stereocenters. The number of aromatic nitrogens is 5. The summed E-state index contributed by atoms with van der Waals surface area (Å²) in [6.07, 6.45) is 1.89. The van der Waals surface area contributed by atoms with E-state index in [0.717, 1.165) is 46.6 Å². The maximum atomic E-state index is 14.1. The van der Waals surface area contributed by atoms with Gasteiger partial charge in [-0.15, -0.1) is 5.92 Å². The summed E-state index contributed by atoms with van der Waals surface area (Å²) in [5, 5.41) is 3.04. The highest BCUT2D eigenvalue weighted by Gasteiger charge is 2.26. The summed E-state index contributed by atoms with van der Waals surface area (Å²) in [6.45, 7) is 5.58. The van der Waals surface area contributed by atoms with Gasteiger partial charge >= 0.3 is 5.69 Å². The highest BCUT2D eigenvalue weighted by atomic mass is 16.2. The topological polar surface area (TPSA) is 104 Å². The molecule has 0 spiro atoms. The quantitative estimate of drug-likeness (QED) is 0.288. The van der Waals surface area contributed by atoms with E-state index in [4.69, 9.17) is 15.7 Å². The first kappa shape index (κ1) is 24.9. The van der Waals surface area contributed by atoms with Crippen molar-refractivity contribution in [2.45, 2.75) is 45.8 Å². The predicted molar refractivity (Wildman–Crippen MR) is 155 cm³/mol. The molecular weight excluding hydrogens is 490 g/mol. The molecular formula is C30H31N7O2. The maximum absolute atomic E-state index is 14.1. The molecule has 1 atom stereocenters. The van der Waals surface area contributed by atoms with Crippen molar-refractivity contribution in [3.05, 3.63) is 74.6 Å². The normalized spacial score (nSPS) is 15.7. The van der Waals surface area contributed by atoms with Crippen molar-refractivity contribution < 1.29 is 0 Å². The molecule has 39 heavy (non-hydrogen) atoms. The maximum Gasteiger partial charge on any atom is 0.332 e. The van der Waals surface area contributed by atoms with Crippen LogP contribution in [-0.4, -0.2) is 42.8 Å². The number of anilines is 1. The number of piperidine rings is 1. The molecule has 9 heteroatoms. The van der Waals surface area contributed by atoms with Crippen molar-refractivity contribution in [3.8, 4) is 11.8 Å². The zero-order valence-corrected chi connectivity index (χ0v) is 22.4. The van der Waals surface area contributed by atoms with Gasteiger partial charge in [0.15, 0.2) is 11.2 Å². The molecule has 0 bridgehead atoms. The molecule has 2 N–H and O–H groups in total. The summed E-state index contributed by atoms with van der Waals surface area (Å²) in [5.41, 5.74) is 8.76. The SMILES string of the molecule is CC#CCn1c(N2CCC[C@@H](N)C2)nc2c1c(=O)n(Cc1nc3cccc(C)c3c3ccccc13)c(=O)n2C. The number of hydrogen-bond acceptors (Lipinski definition) is 6. The molecule has 0 amide bonds. The van der Waals surface area contributed by atoms with Crippen LogP contribution < -0.4 is 21.9 Å². The van der Waals surface area contributed by atoms with Crippen LogP contribution in [0.2, 0.25) is 0 Å². The molecule has 4 heterocycles. The zero-order chi connectivity index (χ0) is 27.3. The van der Waals surface area contributed by atoms with Crippen LogP contribution >= 0.6 is 0 Å². The van der Waals surface area contributed by atoms with E-state index in [1.165, 1.54) is 9.13 Å². The van der Waals surface area contributed by atoms with Gasteiger partial charge in [-0.25, -0.2) is 4.79 Å². The number of benzene rings is 2. The number of imidazole rings is 1. The van der Waals surface area contributed by atoms with Crippen LogP contribution in [0, 0.1) is 18.8 Å². The van der Waals surface area contributed by atoms with Crippen LogP contribution in [0.5, 0.6) is 0 Å². The lowest BCUT2D eigenvalue weighted by Gasteiger charge is -2.31. The number of fused-ring (bicyclic) bond motifs is 4. The standard InChI is InChI=1S/C30H31N7O2/c1-4-5-16-36-26-27(33-29(36)35-15-9-11-20(31)17-35)34(3)30(39)37(28(26)38)18-24-21-12-6-7-13-22(21)25-19(2)10-8-14-23(25)32-24/h6-8,10,12-14,20H,9,11,15-18,31H2,1-3H3/t20-/m1/s1. The van der Waals surface area contributed by atoms with Gasteiger partial charge in [-0.1, -0.05) is 42.3 Å². The molecule has 0 saturated carbocycles. The van der Waals surface area contributed by atoms with Gasteiger partial charge in [0.05, 0.1) is 24.3 Å². The second-order valence-electron chi connectivity index (χ2n) is 10.3. The van der Waals surface area contributed by atoms with E-state index < -0.39 is 11.2 Å². The van der Waals surface area contributed by atoms with Crippen molar-refractivity contribution in [1.29, 1.82) is 0 Å². The molecule has 6 rings (SSSR count). The van der Waals surface area contributed by atoms with E-state index in [2.05, 4.69) is 35.8 Å². The fourth-order valence-electron chi connectivity index (χ4n) is 5.76. The Morgan fingerprint density at radius 2 is 1.85 bits per heavy atom. The summed E-state index contributed by atoms with van der Waals surface area (Å²) in [4.78, 5) is 39.5. The lowest BCUT2D eigenvalue weighted by Crippen LogP contribution is -2.44. The van der Waals surface area contributed by atoms with Gasteiger partial charge in [-0.2, -0.15) is 4.98 Å². The van der Waals surface area contributed by atoms with E-state index >= 15 is 0 Å². The van der Waals surface area contributed by atoms with Crippen molar-refractivity contribution >= 4 is 38.8 Å². The highest BCUT2D eigenvalue weighted by Crippen LogP contribution is 2.29. The number of aryl methyl sites for hydroxylation is 2. The highest BCUT2D eigenvalue weighted by molar-refractivity contribution is 6.08. The van der Waals surface area contributed by atoms with Gasteiger partial charge in [-0.05, 0) is 43.7 Å². The minimum atomic E-state index is -0.434. The molecule has 1 saturated heterocycles. The Balaban J connectivity index is 1.58. The van der Waals surface area contributed by atoms with Crippen LogP contribution in [0.4, 0.5) is 5.95 Å². The molecule has 198 valence electrons. The van der Waals surface area contributed by atoms with Gasteiger partial charge in [0.2, 0.25) is 5.95 Å². The summed E-state index contributed by atoms with van der Waals surface area (Å²) in [6, 6.07) is 14.0. The third kappa shape index (κ3) is 4.08. The van der Waals surface area contributed by atoms with Gasteiger partial charge < -0.3 is 10.6 Å². The molecule has 1 aliphatic heterocycles. The minimum absolute atomic E-state index is 0.0284. The Bertz CT molecular complexity index is 1940. The average Bonchev–Trinajstić information content (AvgIpc) is 3.32. The van der Waals surface area contributed by atoms with Gasteiger partial charge in [0.25, 0.3) is 5.56 Å². The Hall–Kier alpha value is -4.42. The number of nitrogens with two attached hydrogens (primary N) is 1. The Morgan fingerprint density at radius 3 is 2.62 bits per heavy atom.